The van der Waals surface area contributed by atoms with Crippen molar-refractivity contribution in [3.8, 4) is 11.3 Å². The number of imidazole rings is 1. The number of benzene rings is 2. The SMILES string of the molecule is CN1CC(c2ncc(-c3ccc4ccccc4c3)[nH]2)NCC1=O. The van der Waals surface area contributed by atoms with Crippen LogP contribution in [0.1, 0.15) is 11.9 Å². The normalized spacial score (nSPS) is 18.6. The van der Waals surface area contributed by atoms with Crippen LogP contribution in [0, 0.1) is 0 Å². The van der Waals surface area contributed by atoms with Crippen LogP contribution in [0.4, 0.5) is 0 Å². The lowest BCUT2D eigenvalue weighted by Crippen LogP contribution is -2.48. The minimum Gasteiger partial charge on any atom is -0.343 e. The molecule has 1 saturated heterocycles. The maximum atomic E-state index is 11.6. The van der Waals surface area contributed by atoms with E-state index >= 15 is 0 Å². The zero-order valence-electron chi connectivity index (χ0n) is 12.9. The zero-order valence-corrected chi connectivity index (χ0v) is 12.9. The highest BCUT2D eigenvalue weighted by Crippen LogP contribution is 2.24. The molecule has 2 heterocycles. The summed E-state index contributed by atoms with van der Waals surface area (Å²) in [5, 5.41) is 5.66. The molecule has 1 atom stereocenters. The number of nitrogens with one attached hydrogen (secondary N) is 2. The van der Waals surface area contributed by atoms with Crippen molar-refractivity contribution in [1.82, 2.24) is 20.2 Å². The number of carbonyl (C=O) groups is 1. The number of rotatable bonds is 2. The van der Waals surface area contributed by atoms with Gasteiger partial charge in [0.2, 0.25) is 5.91 Å². The Morgan fingerprint density at radius 3 is 2.83 bits per heavy atom. The van der Waals surface area contributed by atoms with Crippen molar-refractivity contribution in [1.29, 1.82) is 0 Å². The number of hydrogen-bond acceptors (Lipinski definition) is 3. The van der Waals surface area contributed by atoms with Gasteiger partial charge in [-0.2, -0.15) is 0 Å². The summed E-state index contributed by atoms with van der Waals surface area (Å²) in [4.78, 5) is 21.2. The number of fused-ring (bicyclic) bond motifs is 1. The van der Waals surface area contributed by atoms with Crippen LogP contribution in [-0.2, 0) is 4.79 Å². The predicted molar refractivity (Wildman–Crippen MR) is 89.9 cm³/mol. The third-order valence-electron chi connectivity index (χ3n) is 4.37. The fraction of sp³-hybridized carbons (Fsp3) is 0.222. The third kappa shape index (κ3) is 2.59. The number of aromatic amines is 1. The van der Waals surface area contributed by atoms with Gasteiger partial charge in [0.05, 0.1) is 24.5 Å². The van der Waals surface area contributed by atoms with E-state index in [0.29, 0.717) is 13.1 Å². The second-order valence-corrected chi connectivity index (χ2v) is 5.95. The first-order chi connectivity index (χ1) is 11.2. The van der Waals surface area contributed by atoms with E-state index in [-0.39, 0.29) is 11.9 Å². The second-order valence-electron chi connectivity index (χ2n) is 5.95. The molecular weight excluding hydrogens is 288 g/mol. The summed E-state index contributed by atoms with van der Waals surface area (Å²) in [5.41, 5.74) is 2.11. The molecule has 2 N–H and O–H groups in total. The molecule has 0 aliphatic carbocycles. The fourth-order valence-electron chi connectivity index (χ4n) is 2.99. The average molecular weight is 306 g/mol. The Kier molecular flexibility index (Phi) is 3.35. The van der Waals surface area contributed by atoms with Crippen molar-refractivity contribution < 1.29 is 4.79 Å². The van der Waals surface area contributed by atoms with Gasteiger partial charge in [-0.3, -0.25) is 10.1 Å². The van der Waals surface area contributed by atoms with E-state index in [0.717, 1.165) is 17.1 Å². The summed E-state index contributed by atoms with van der Waals surface area (Å²) < 4.78 is 0. The highest BCUT2D eigenvalue weighted by Gasteiger charge is 2.25. The minimum absolute atomic E-state index is 0.0481. The van der Waals surface area contributed by atoms with Gasteiger partial charge < -0.3 is 9.88 Å². The molecule has 3 aromatic rings. The van der Waals surface area contributed by atoms with Crippen LogP contribution in [0.15, 0.2) is 48.7 Å². The van der Waals surface area contributed by atoms with Crippen molar-refractivity contribution in [3.05, 3.63) is 54.5 Å². The number of nitrogens with zero attached hydrogens (tertiary/aromatic N) is 2. The van der Waals surface area contributed by atoms with Crippen LogP contribution in [-0.4, -0.2) is 40.9 Å². The molecule has 1 fully saturated rings. The molecule has 1 unspecified atom stereocenters. The predicted octanol–water partition coefficient (Wildman–Crippen LogP) is 2.33. The molecule has 1 aliphatic rings. The largest absolute Gasteiger partial charge is 0.343 e. The minimum atomic E-state index is 0.0481. The van der Waals surface area contributed by atoms with E-state index in [1.165, 1.54) is 10.8 Å². The van der Waals surface area contributed by atoms with E-state index in [1.807, 2.05) is 25.4 Å². The Balaban J connectivity index is 1.63. The van der Waals surface area contributed by atoms with Gasteiger partial charge in [-0.1, -0.05) is 36.4 Å². The Morgan fingerprint density at radius 2 is 2.00 bits per heavy atom. The molecule has 4 rings (SSSR count). The van der Waals surface area contributed by atoms with Gasteiger partial charge >= 0.3 is 0 Å². The topological polar surface area (TPSA) is 61.0 Å². The number of hydrogen-bond donors (Lipinski definition) is 2. The average Bonchev–Trinajstić information content (AvgIpc) is 3.07. The molecule has 0 radical (unpaired) electrons. The van der Waals surface area contributed by atoms with Crippen molar-refractivity contribution >= 4 is 16.7 Å². The van der Waals surface area contributed by atoms with Crippen molar-refractivity contribution in [3.63, 3.8) is 0 Å². The number of amides is 1. The molecule has 23 heavy (non-hydrogen) atoms. The smallest absolute Gasteiger partial charge is 0.236 e. The van der Waals surface area contributed by atoms with E-state index in [4.69, 9.17) is 0 Å². The summed E-state index contributed by atoms with van der Waals surface area (Å²) in [6, 6.07) is 14.7. The quantitative estimate of drug-likeness (QED) is 0.764. The highest BCUT2D eigenvalue weighted by molar-refractivity contribution is 5.86. The number of likely N-dealkylation sites (N-methyl/N-ethyl adjacent to an activating group) is 1. The van der Waals surface area contributed by atoms with Gasteiger partial charge in [0.1, 0.15) is 5.82 Å². The number of carbonyl (C=O) groups excluding carboxylic acids is 1. The summed E-state index contributed by atoms with van der Waals surface area (Å²) in [5.74, 6) is 0.982. The van der Waals surface area contributed by atoms with Gasteiger partial charge in [-0.15, -0.1) is 0 Å². The van der Waals surface area contributed by atoms with Gasteiger partial charge in [0.25, 0.3) is 0 Å². The van der Waals surface area contributed by atoms with Crippen molar-refractivity contribution in [2.45, 2.75) is 6.04 Å². The maximum absolute atomic E-state index is 11.6. The van der Waals surface area contributed by atoms with Crippen LogP contribution < -0.4 is 5.32 Å². The highest BCUT2D eigenvalue weighted by atomic mass is 16.2. The van der Waals surface area contributed by atoms with Crippen LogP contribution >= 0.6 is 0 Å². The first-order valence-electron chi connectivity index (χ1n) is 7.72. The van der Waals surface area contributed by atoms with E-state index in [2.05, 4.69) is 45.6 Å². The molecule has 0 bridgehead atoms. The molecule has 5 nitrogen and oxygen atoms in total. The van der Waals surface area contributed by atoms with Crippen LogP contribution in [0.25, 0.3) is 22.0 Å². The first kappa shape index (κ1) is 14.0. The second kappa shape index (κ2) is 5.52. The Bertz CT molecular complexity index is 870. The fourth-order valence-corrected chi connectivity index (χ4v) is 2.99. The molecular formula is C18H18N4O. The van der Waals surface area contributed by atoms with Gasteiger partial charge in [0, 0.05) is 19.2 Å². The molecule has 1 aliphatic heterocycles. The van der Waals surface area contributed by atoms with Gasteiger partial charge in [-0.05, 0) is 16.8 Å². The Morgan fingerprint density at radius 1 is 1.17 bits per heavy atom. The van der Waals surface area contributed by atoms with E-state index in [1.54, 1.807) is 4.90 Å². The number of aromatic nitrogens is 2. The number of piperazine rings is 1. The maximum Gasteiger partial charge on any atom is 0.236 e. The first-order valence-corrected chi connectivity index (χ1v) is 7.72. The molecule has 0 saturated carbocycles. The Labute approximate surface area is 134 Å². The van der Waals surface area contributed by atoms with Gasteiger partial charge in [0.15, 0.2) is 0 Å². The zero-order chi connectivity index (χ0) is 15.8. The summed E-state index contributed by atoms with van der Waals surface area (Å²) >= 11 is 0. The summed E-state index contributed by atoms with van der Waals surface area (Å²) in [6.45, 7) is 0.983. The summed E-state index contributed by atoms with van der Waals surface area (Å²) in [6.07, 6.45) is 1.86. The van der Waals surface area contributed by atoms with E-state index < -0.39 is 0 Å². The van der Waals surface area contributed by atoms with Crippen molar-refractivity contribution in [2.75, 3.05) is 20.1 Å². The lowest BCUT2D eigenvalue weighted by molar-refractivity contribution is -0.131. The monoisotopic (exact) mass is 306 g/mol. The number of H-pyrrole nitrogens is 1. The lowest BCUT2D eigenvalue weighted by atomic mass is 10.1. The molecule has 5 heteroatoms. The third-order valence-corrected chi connectivity index (χ3v) is 4.37. The molecule has 1 amide bonds. The molecule has 116 valence electrons. The molecule has 2 aromatic carbocycles. The Hall–Kier alpha value is -2.66. The van der Waals surface area contributed by atoms with Crippen molar-refractivity contribution in [2.24, 2.45) is 0 Å². The van der Waals surface area contributed by atoms with E-state index in [9.17, 15) is 4.79 Å². The van der Waals surface area contributed by atoms with Gasteiger partial charge in [-0.25, -0.2) is 4.98 Å². The standard InChI is InChI=1S/C18H18N4O/c1-22-11-16(19-10-17(22)23)18-20-9-15(21-18)14-7-6-12-4-2-3-5-13(12)8-14/h2-9,16,19H,10-11H2,1H3,(H,20,21). The van der Waals surface area contributed by atoms with Crippen LogP contribution in [0.2, 0.25) is 0 Å². The lowest BCUT2D eigenvalue weighted by Gasteiger charge is -2.29. The summed E-state index contributed by atoms with van der Waals surface area (Å²) in [7, 11) is 1.82. The van der Waals surface area contributed by atoms with Crippen LogP contribution in [0.5, 0.6) is 0 Å². The van der Waals surface area contributed by atoms with Crippen LogP contribution in [0.3, 0.4) is 0 Å². The molecule has 0 spiro atoms. The molecule has 1 aromatic heterocycles.